The van der Waals surface area contributed by atoms with Crippen LogP contribution in [0.2, 0.25) is 5.02 Å². The Morgan fingerprint density at radius 2 is 1.79 bits per heavy atom. The standard InChI is InChI=1S/C20H20ClN3O4S/c1-27-18-8-7-15(11-19(18)28-2)29(25,26)24-10-9-17-16(12-24)20(23-22-17)13-3-5-14(21)6-4-13/h3-8,11H,9-10,12H2,1-2H3,(H,22,23). The van der Waals surface area contributed by atoms with Gasteiger partial charge in [0.15, 0.2) is 11.5 Å². The number of fused-ring (bicyclic) bond motifs is 1. The Kier molecular flexibility index (Phi) is 5.24. The van der Waals surface area contributed by atoms with Crippen LogP contribution < -0.4 is 9.47 Å². The second-order valence-corrected chi connectivity index (χ2v) is 9.02. The molecule has 0 saturated carbocycles. The summed E-state index contributed by atoms with van der Waals surface area (Å²) in [5.74, 6) is 0.851. The van der Waals surface area contributed by atoms with Crippen LogP contribution in [0.4, 0.5) is 0 Å². The topological polar surface area (TPSA) is 84.5 Å². The van der Waals surface area contributed by atoms with Gasteiger partial charge < -0.3 is 9.47 Å². The van der Waals surface area contributed by atoms with Gasteiger partial charge >= 0.3 is 0 Å². The Morgan fingerprint density at radius 1 is 1.07 bits per heavy atom. The monoisotopic (exact) mass is 433 g/mol. The largest absolute Gasteiger partial charge is 0.493 e. The van der Waals surface area contributed by atoms with E-state index in [-0.39, 0.29) is 11.4 Å². The molecular weight excluding hydrogens is 414 g/mol. The Morgan fingerprint density at radius 3 is 2.48 bits per heavy atom. The predicted octanol–water partition coefficient (Wildman–Crippen LogP) is 3.49. The molecule has 7 nitrogen and oxygen atoms in total. The second kappa shape index (κ2) is 7.70. The van der Waals surface area contributed by atoms with Crippen LogP contribution >= 0.6 is 11.6 Å². The first-order chi connectivity index (χ1) is 13.9. The number of rotatable bonds is 5. The molecule has 1 N–H and O–H groups in total. The highest BCUT2D eigenvalue weighted by atomic mass is 35.5. The minimum Gasteiger partial charge on any atom is -0.493 e. The van der Waals surface area contributed by atoms with Gasteiger partial charge in [0.1, 0.15) is 0 Å². The van der Waals surface area contributed by atoms with Crippen LogP contribution in [0.5, 0.6) is 11.5 Å². The number of nitrogens with zero attached hydrogens (tertiary/aromatic N) is 2. The molecule has 1 aromatic heterocycles. The van der Waals surface area contributed by atoms with E-state index in [0.29, 0.717) is 29.5 Å². The number of H-pyrrole nitrogens is 1. The minimum absolute atomic E-state index is 0.162. The number of methoxy groups -OCH3 is 2. The van der Waals surface area contributed by atoms with Gasteiger partial charge in [-0.05, 0) is 24.3 Å². The van der Waals surface area contributed by atoms with Gasteiger partial charge in [-0.25, -0.2) is 8.42 Å². The molecule has 0 radical (unpaired) electrons. The molecule has 0 amide bonds. The number of hydrogen-bond donors (Lipinski definition) is 1. The summed E-state index contributed by atoms with van der Waals surface area (Å²) < 4.78 is 38.4. The van der Waals surface area contributed by atoms with Crippen LogP contribution in [0.3, 0.4) is 0 Å². The first-order valence-corrected chi connectivity index (χ1v) is 10.8. The van der Waals surface area contributed by atoms with E-state index in [1.54, 1.807) is 18.2 Å². The summed E-state index contributed by atoms with van der Waals surface area (Å²) in [6.07, 6.45) is 0.558. The molecule has 0 aliphatic carbocycles. The third kappa shape index (κ3) is 3.59. The van der Waals surface area contributed by atoms with Crippen molar-refractivity contribution < 1.29 is 17.9 Å². The zero-order chi connectivity index (χ0) is 20.6. The Hall–Kier alpha value is -2.55. The van der Waals surface area contributed by atoms with Crippen LogP contribution in [0, 0.1) is 0 Å². The molecule has 1 aliphatic heterocycles. The van der Waals surface area contributed by atoms with Crippen LogP contribution in [0.25, 0.3) is 11.3 Å². The molecule has 0 fully saturated rings. The van der Waals surface area contributed by atoms with Crippen molar-refractivity contribution in [2.75, 3.05) is 20.8 Å². The van der Waals surface area contributed by atoms with Gasteiger partial charge in [-0.3, -0.25) is 5.10 Å². The molecule has 2 heterocycles. The van der Waals surface area contributed by atoms with Gasteiger partial charge in [-0.1, -0.05) is 23.7 Å². The number of hydrogen-bond acceptors (Lipinski definition) is 5. The number of ether oxygens (including phenoxy) is 2. The van der Waals surface area contributed by atoms with Crippen molar-refractivity contribution in [2.45, 2.75) is 17.9 Å². The van der Waals surface area contributed by atoms with Crippen LogP contribution in [0.1, 0.15) is 11.3 Å². The molecule has 0 unspecified atom stereocenters. The van der Waals surface area contributed by atoms with Gasteiger partial charge in [0.05, 0.1) is 24.8 Å². The number of aromatic amines is 1. The lowest BCUT2D eigenvalue weighted by atomic mass is 10.0. The summed E-state index contributed by atoms with van der Waals surface area (Å²) in [4.78, 5) is 0.162. The van der Waals surface area contributed by atoms with Crippen molar-refractivity contribution in [1.29, 1.82) is 0 Å². The zero-order valence-electron chi connectivity index (χ0n) is 16.0. The summed E-state index contributed by atoms with van der Waals surface area (Å²) in [7, 11) is -0.724. The molecule has 0 saturated heterocycles. The summed E-state index contributed by atoms with van der Waals surface area (Å²) in [6.45, 7) is 0.604. The zero-order valence-corrected chi connectivity index (χ0v) is 17.5. The lowest BCUT2D eigenvalue weighted by molar-refractivity contribution is 0.353. The highest BCUT2D eigenvalue weighted by molar-refractivity contribution is 7.89. The Bertz CT molecular complexity index is 1140. The smallest absolute Gasteiger partial charge is 0.243 e. The summed E-state index contributed by atoms with van der Waals surface area (Å²) >= 11 is 5.98. The highest BCUT2D eigenvalue weighted by Crippen LogP contribution is 2.34. The van der Waals surface area contributed by atoms with Crippen molar-refractivity contribution in [3.63, 3.8) is 0 Å². The van der Waals surface area contributed by atoms with Gasteiger partial charge in [-0.2, -0.15) is 9.40 Å². The molecule has 2 aromatic carbocycles. The molecule has 29 heavy (non-hydrogen) atoms. The van der Waals surface area contributed by atoms with Crippen molar-refractivity contribution in [2.24, 2.45) is 0 Å². The molecule has 1 aliphatic rings. The van der Waals surface area contributed by atoms with E-state index in [9.17, 15) is 8.42 Å². The quantitative estimate of drug-likeness (QED) is 0.665. The Labute approximate surface area is 174 Å². The van der Waals surface area contributed by atoms with E-state index >= 15 is 0 Å². The normalized spacial score (nSPS) is 14.4. The van der Waals surface area contributed by atoms with Crippen molar-refractivity contribution in [3.8, 4) is 22.8 Å². The average molecular weight is 434 g/mol. The first kappa shape index (κ1) is 19.8. The molecule has 9 heteroatoms. The maximum Gasteiger partial charge on any atom is 0.243 e. The summed E-state index contributed by atoms with van der Waals surface area (Å²) in [6, 6.07) is 11.9. The number of halogens is 1. The lowest BCUT2D eigenvalue weighted by Gasteiger charge is -2.26. The lowest BCUT2D eigenvalue weighted by Crippen LogP contribution is -2.36. The van der Waals surface area contributed by atoms with E-state index in [1.165, 1.54) is 30.7 Å². The number of sulfonamides is 1. The third-order valence-corrected chi connectivity index (χ3v) is 7.10. The van der Waals surface area contributed by atoms with Gasteiger partial charge in [-0.15, -0.1) is 0 Å². The van der Waals surface area contributed by atoms with E-state index in [2.05, 4.69) is 10.2 Å². The van der Waals surface area contributed by atoms with Crippen molar-refractivity contribution in [1.82, 2.24) is 14.5 Å². The maximum atomic E-state index is 13.3. The van der Waals surface area contributed by atoms with Crippen molar-refractivity contribution in [3.05, 3.63) is 58.7 Å². The molecule has 0 atom stereocenters. The molecule has 0 spiro atoms. The molecule has 152 valence electrons. The van der Waals surface area contributed by atoms with Crippen molar-refractivity contribution >= 4 is 21.6 Å². The minimum atomic E-state index is -3.71. The molecular formula is C20H20ClN3O4S. The first-order valence-electron chi connectivity index (χ1n) is 8.98. The van der Waals surface area contributed by atoms with E-state index in [4.69, 9.17) is 21.1 Å². The fourth-order valence-corrected chi connectivity index (χ4v) is 5.00. The van der Waals surface area contributed by atoms with Gasteiger partial charge in [0.2, 0.25) is 10.0 Å². The van der Waals surface area contributed by atoms with E-state index in [1.807, 2.05) is 12.1 Å². The van der Waals surface area contributed by atoms with Gasteiger partial charge in [0, 0.05) is 47.4 Å². The SMILES string of the molecule is COc1ccc(S(=O)(=O)N2CCc3[nH]nc(-c4ccc(Cl)cc4)c3C2)cc1OC. The number of nitrogens with one attached hydrogen (secondary N) is 1. The number of aromatic nitrogens is 2. The fourth-order valence-electron chi connectivity index (χ4n) is 3.45. The fraction of sp³-hybridized carbons (Fsp3) is 0.250. The van der Waals surface area contributed by atoms with E-state index in [0.717, 1.165) is 22.5 Å². The third-order valence-electron chi connectivity index (χ3n) is 5.01. The Balaban J connectivity index is 1.67. The van der Waals surface area contributed by atoms with Crippen LogP contribution in [-0.2, 0) is 23.0 Å². The predicted molar refractivity (Wildman–Crippen MR) is 110 cm³/mol. The summed E-state index contributed by atoms with van der Waals surface area (Å²) in [5.41, 5.74) is 3.46. The van der Waals surface area contributed by atoms with Crippen LogP contribution in [0.15, 0.2) is 47.4 Å². The number of benzene rings is 2. The summed E-state index contributed by atoms with van der Waals surface area (Å²) in [5, 5.41) is 8.09. The second-order valence-electron chi connectivity index (χ2n) is 6.64. The molecule has 4 rings (SSSR count). The van der Waals surface area contributed by atoms with E-state index < -0.39 is 10.0 Å². The molecule has 3 aromatic rings. The highest BCUT2D eigenvalue weighted by Gasteiger charge is 2.32. The van der Waals surface area contributed by atoms with Gasteiger partial charge in [0.25, 0.3) is 0 Å². The average Bonchev–Trinajstić information content (AvgIpc) is 3.17. The molecule has 0 bridgehead atoms. The maximum absolute atomic E-state index is 13.3. The van der Waals surface area contributed by atoms with Crippen LogP contribution in [-0.4, -0.2) is 43.7 Å².